The minimum absolute atomic E-state index is 0.381. The van der Waals surface area contributed by atoms with E-state index in [9.17, 15) is 9.59 Å². The zero-order valence-corrected chi connectivity index (χ0v) is 15.5. The Morgan fingerprint density at radius 1 is 1.12 bits per heavy atom. The number of benzene rings is 2. The monoisotopic (exact) mass is 380 g/mol. The first kappa shape index (κ1) is 19.2. The van der Waals surface area contributed by atoms with Gasteiger partial charge in [-0.15, -0.1) is 0 Å². The Morgan fingerprint density at radius 2 is 1.80 bits per heavy atom. The molecule has 3 amide bonds. The summed E-state index contributed by atoms with van der Waals surface area (Å²) in [5, 5.41) is 5.85. The molecule has 2 atom stereocenters. The van der Waals surface area contributed by atoms with Crippen LogP contribution in [0.15, 0.2) is 48.5 Å². The summed E-state index contributed by atoms with van der Waals surface area (Å²) in [5.74, 6) is -0.381. The summed E-state index contributed by atoms with van der Waals surface area (Å²) in [5.41, 5.74) is 1.68. The normalized spacial score (nSPS) is 13.0. The maximum absolute atomic E-state index is 12.6. The number of imide groups is 1. The molecule has 7 heteroatoms. The van der Waals surface area contributed by atoms with Gasteiger partial charge in [0, 0.05) is 23.2 Å². The predicted octanol–water partition coefficient (Wildman–Crippen LogP) is 2.21. The molecule has 0 spiro atoms. The third-order valence-electron chi connectivity index (χ3n) is 3.84. The highest BCUT2D eigenvalue weighted by Gasteiger charge is 2.30. The number of amides is 3. The molecule has 0 aliphatic rings. The molecular weight excluding hydrogens is 361 g/mol. The number of quaternary nitrogens is 1. The third-order valence-corrected chi connectivity index (χ3v) is 4.42. The lowest BCUT2D eigenvalue weighted by atomic mass is 10.0. The van der Waals surface area contributed by atoms with Gasteiger partial charge in [0.1, 0.15) is 6.54 Å². The van der Waals surface area contributed by atoms with Crippen LogP contribution in [0.2, 0.25) is 10.0 Å². The molecule has 2 rings (SSSR count). The van der Waals surface area contributed by atoms with Crippen molar-refractivity contribution in [1.82, 2.24) is 10.6 Å². The lowest BCUT2D eigenvalue weighted by Crippen LogP contribution is -3.09. The Balaban J connectivity index is 2.27. The number of rotatable bonds is 5. The topological polar surface area (TPSA) is 62.6 Å². The van der Waals surface area contributed by atoms with E-state index in [-0.39, 0.29) is 5.91 Å². The Morgan fingerprint density at radius 3 is 2.40 bits per heavy atom. The highest BCUT2D eigenvalue weighted by Crippen LogP contribution is 2.20. The maximum Gasteiger partial charge on any atom is 0.321 e. The van der Waals surface area contributed by atoms with Crippen LogP contribution in [0.3, 0.4) is 0 Å². The fourth-order valence-corrected chi connectivity index (χ4v) is 3.09. The number of nitrogens with one attached hydrogen (secondary N) is 3. The van der Waals surface area contributed by atoms with Crippen molar-refractivity contribution in [3.8, 4) is 0 Å². The minimum atomic E-state index is -0.565. The van der Waals surface area contributed by atoms with Crippen LogP contribution in [-0.4, -0.2) is 26.0 Å². The molecule has 2 aromatic carbocycles. The molecule has 0 bridgehead atoms. The molecule has 0 saturated heterocycles. The van der Waals surface area contributed by atoms with Crippen LogP contribution in [0.1, 0.15) is 17.2 Å². The quantitative estimate of drug-likeness (QED) is 0.744. The van der Waals surface area contributed by atoms with Crippen LogP contribution in [0.25, 0.3) is 0 Å². The van der Waals surface area contributed by atoms with E-state index < -0.39 is 12.1 Å². The van der Waals surface area contributed by atoms with Crippen molar-refractivity contribution in [3.05, 3.63) is 69.7 Å². The summed E-state index contributed by atoms with van der Waals surface area (Å²) in [6, 6.07) is 13.5. The van der Waals surface area contributed by atoms with Gasteiger partial charge in [0.2, 0.25) is 0 Å². The van der Waals surface area contributed by atoms with Gasteiger partial charge < -0.3 is 10.2 Å². The first-order valence-electron chi connectivity index (χ1n) is 7.76. The summed E-state index contributed by atoms with van der Waals surface area (Å²) in [6.45, 7) is 0.497. The lowest BCUT2D eigenvalue weighted by Gasteiger charge is -2.24. The van der Waals surface area contributed by atoms with E-state index in [1.807, 2.05) is 43.4 Å². The van der Waals surface area contributed by atoms with E-state index in [1.54, 1.807) is 12.1 Å². The molecular formula is C18H20Cl2N3O2+. The summed E-state index contributed by atoms with van der Waals surface area (Å²) < 4.78 is 0. The lowest BCUT2D eigenvalue weighted by molar-refractivity contribution is -0.916. The van der Waals surface area contributed by atoms with Crippen LogP contribution >= 0.6 is 23.2 Å². The van der Waals surface area contributed by atoms with E-state index in [0.29, 0.717) is 16.6 Å². The summed E-state index contributed by atoms with van der Waals surface area (Å²) >= 11 is 12.2. The second-order valence-corrected chi connectivity index (χ2v) is 6.51. The van der Waals surface area contributed by atoms with Crippen molar-refractivity contribution < 1.29 is 14.5 Å². The zero-order valence-electron chi connectivity index (χ0n) is 14.0. The van der Waals surface area contributed by atoms with Crippen molar-refractivity contribution in [2.75, 3.05) is 14.1 Å². The van der Waals surface area contributed by atoms with Crippen molar-refractivity contribution in [1.29, 1.82) is 0 Å². The highest BCUT2D eigenvalue weighted by atomic mass is 35.5. The highest BCUT2D eigenvalue weighted by molar-refractivity contribution is 6.35. The van der Waals surface area contributed by atoms with Gasteiger partial charge in [-0.2, -0.15) is 0 Å². The number of likely N-dealkylation sites (N-methyl/N-ethyl adjacent to an activating group) is 1. The van der Waals surface area contributed by atoms with Gasteiger partial charge in [0.25, 0.3) is 5.91 Å². The standard InChI is InChI=1S/C18H19Cl2N3O2/c1-21-18(25)22-17(24)16(12-6-4-3-5-7-12)23(2)11-13-8-9-14(19)10-15(13)20/h3-10,16H,11H2,1-2H3,(H2,21,22,24,25)/p+1/t16-/m0/s1. The first-order chi connectivity index (χ1) is 11.9. The minimum Gasteiger partial charge on any atom is -0.341 e. The first-order valence-corrected chi connectivity index (χ1v) is 8.51. The van der Waals surface area contributed by atoms with Gasteiger partial charge in [-0.3, -0.25) is 10.1 Å². The molecule has 2 aromatic rings. The molecule has 25 heavy (non-hydrogen) atoms. The molecule has 0 saturated carbocycles. The van der Waals surface area contributed by atoms with Gasteiger partial charge in [-0.1, -0.05) is 59.6 Å². The van der Waals surface area contributed by atoms with E-state index in [1.165, 1.54) is 7.05 Å². The van der Waals surface area contributed by atoms with E-state index in [2.05, 4.69) is 10.6 Å². The van der Waals surface area contributed by atoms with Crippen molar-refractivity contribution >= 4 is 35.1 Å². The number of carbonyl (C=O) groups excluding carboxylic acids is 2. The van der Waals surface area contributed by atoms with Crippen LogP contribution < -0.4 is 15.5 Å². The number of hydrogen-bond donors (Lipinski definition) is 3. The number of urea groups is 1. The molecule has 0 aliphatic heterocycles. The Bertz CT molecular complexity index is 753. The number of hydrogen-bond acceptors (Lipinski definition) is 2. The van der Waals surface area contributed by atoms with Crippen molar-refractivity contribution in [2.45, 2.75) is 12.6 Å². The molecule has 0 radical (unpaired) electrons. The Labute approximate surface area is 156 Å². The Hall–Kier alpha value is -2.08. The fraction of sp³-hybridized carbons (Fsp3) is 0.222. The second-order valence-electron chi connectivity index (χ2n) is 5.67. The van der Waals surface area contributed by atoms with Crippen LogP contribution in [-0.2, 0) is 11.3 Å². The van der Waals surface area contributed by atoms with Gasteiger partial charge >= 0.3 is 6.03 Å². The van der Waals surface area contributed by atoms with Crippen molar-refractivity contribution in [3.63, 3.8) is 0 Å². The SMILES string of the molecule is CNC(=O)NC(=O)[C@H](c1ccccc1)[NH+](C)Cc1ccc(Cl)cc1Cl. The molecule has 3 N–H and O–H groups in total. The van der Waals surface area contributed by atoms with E-state index in [0.717, 1.165) is 16.0 Å². The molecule has 1 unspecified atom stereocenters. The van der Waals surface area contributed by atoms with Crippen LogP contribution in [0.4, 0.5) is 4.79 Å². The summed E-state index contributed by atoms with van der Waals surface area (Å²) in [4.78, 5) is 25.1. The van der Waals surface area contributed by atoms with Crippen molar-refractivity contribution in [2.24, 2.45) is 0 Å². The smallest absolute Gasteiger partial charge is 0.321 e. The molecule has 0 heterocycles. The summed E-state index contributed by atoms with van der Waals surface area (Å²) in [6.07, 6.45) is 0. The average molecular weight is 381 g/mol. The number of carbonyl (C=O) groups is 2. The average Bonchev–Trinajstić information content (AvgIpc) is 2.58. The Kier molecular flexibility index (Phi) is 6.82. The van der Waals surface area contributed by atoms with E-state index in [4.69, 9.17) is 23.2 Å². The maximum atomic E-state index is 12.6. The molecule has 132 valence electrons. The van der Waals surface area contributed by atoms with Gasteiger partial charge in [-0.05, 0) is 12.1 Å². The third kappa shape index (κ3) is 5.19. The fourth-order valence-electron chi connectivity index (χ4n) is 2.62. The largest absolute Gasteiger partial charge is 0.341 e. The van der Waals surface area contributed by atoms with Gasteiger partial charge in [0.15, 0.2) is 6.04 Å². The molecule has 0 aromatic heterocycles. The number of halogens is 2. The molecule has 5 nitrogen and oxygen atoms in total. The second kappa shape index (κ2) is 8.85. The van der Waals surface area contributed by atoms with Gasteiger partial charge in [-0.25, -0.2) is 4.79 Å². The van der Waals surface area contributed by atoms with Crippen LogP contribution in [0, 0.1) is 0 Å². The van der Waals surface area contributed by atoms with Gasteiger partial charge in [0.05, 0.1) is 12.1 Å². The molecule has 0 fully saturated rings. The molecule has 0 aliphatic carbocycles. The predicted molar refractivity (Wildman–Crippen MR) is 98.8 cm³/mol. The zero-order chi connectivity index (χ0) is 18.4. The summed E-state index contributed by atoms with van der Waals surface area (Å²) in [7, 11) is 3.34. The van der Waals surface area contributed by atoms with Crippen LogP contribution in [0.5, 0.6) is 0 Å². The van der Waals surface area contributed by atoms with E-state index >= 15 is 0 Å².